The molecule has 1 heterocycles. The van der Waals surface area contributed by atoms with Gasteiger partial charge < -0.3 is 15.5 Å². The Morgan fingerprint density at radius 3 is 2.42 bits per heavy atom. The Hall–Kier alpha value is -0.610. The van der Waals surface area contributed by atoms with Crippen LogP contribution in [0.15, 0.2) is 0 Å². The zero-order valence-corrected chi connectivity index (χ0v) is 12.7. The van der Waals surface area contributed by atoms with Gasteiger partial charge in [0.1, 0.15) is 0 Å². The van der Waals surface area contributed by atoms with E-state index < -0.39 is 0 Å². The number of nitrogens with two attached hydrogens (primary N) is 1. The van der Waals surface area contributed by atoms with Crippen molar-refractivity contribution in [2.75, 3.05) is 32.7 Å². The lowest BCUT2D eigenvalue weighted by atomic mass is 10.1. The molecule has 1 rings (SSSR count). The van der Waals surface area contributed by atoms with E-state index in [4.69, 9.17) is 5.73 Å². The van der Waals surface area contributed by atoms with Crippen LogP contribution < -0.4 is 5.73 Å². The predicted molar refractivity (Wildman–Crippen MR) is 80.0 cm³/mol. The van der Waals surface area contributed by atoms with E-state index >= 15 is 0 Å². The van der Waals surface area contributed by atoms with Gasteiger partial charge in [-0.15, -0.1) is 0 Å². The quantitative estimate of drug-likeness (QED) is 0.731. The van der Waals surface area contributed by atoms with Crippen molar-refractivity contribution in [3.8, 4) is 0 Å². The third-order valence-corrected chi connectivity index (χ3v) is 4.03. The third kappa shape index (κ3) is 6.39. The molecule has 0 spiro atoms. The third-order valence-electron chi connectivity index (χ3n) is 4.03. The first-order valence-corrected chi connectivity index (χ1v) is 7.93. The Morgan fingerprint density at radius 2 is 1.84 bits per heavy atom. The van der Waals surface area contributed by atoms with E-state index in [1.54, 1.807) is 0 Å². The van der Waals surface area contributed by atoms with Gasteiger partial charge in [-0.1, -0.05) is 20.3 Å². The van der Waals surface area contributed by atoms with Crippen LogP contribution in [0.1, 0.15) is 52.4 Å². The first-order valence-electron chi connectivity index (χ1n) is 7.93. The van der Waals surface area contributed by atoms with Crippen molar-refractivity contribution in [2.45, 2.75) is 58.4 Å². The number of amides is 1. The van der Waals surface area contributed by atoms with E-state index in [9.17, 15) is 4.79 Å². The van der Waals surface area contributed by atoms with E-state index in [1.165, 1.54) is 19.4 Å². The van der Waals surface area contributed by atoms with Crippen LogP contribution in [0.25, 0.3) is 0 Å². The van der Waals surface area contributed by atoms with Crippen molar-refractivity contribution in [1.29, 1.82) is 0 Å². The van der Waals surface area contributed by atoms with E-state index in [1.807, 2.05) is 4.90 Å². The number of hydrogen-bond donors (Lipinski definition) is 1. The fourth-order valence-corrected chi connectivity index (χ4v) is 2.57. The minimum atomic E-state index is 0.300. The van der Waals surface area contributed by atoms with Gasteiger partial charge >= 0.3 is 0 Å². The average molecular weight is 269 g/mol. The number of likely N-dealkylation sites (tertiary alicyclic amines) is 1. The zero-order chi connectivity index (χ0) is 14.1. The summed E-state index contributed by atoms with van der Waals surface area (Å²) in [5.41, 5.74) is 5.86. The second kappa shape index (κ2) is 9.32. The van der Waals surface area contributed by atoms with Gasteiger partial charge in [-0.05, 0) is 45.3 Å². The first-order chi connectivity index (χ1) is 9.17. The monoisotopic (exact) mass is 269 g/mol. The van der Waals surface area contributed by atoms with E-state index in [2.05, 4.69) is 18.7 Å². The van der Waals surface area contributed by atoms with Crippen LogP contribution in [0.4, 0.5) is 0 Å². The molecule has 1 saturated heterocycles. The van der Waals surface area contributed by atoms with Crippen LogP contribution in [0.2, 0.25) is 0 Å². The summed E-state index contributed by atoms with van der Waals surface area (Å²) < 4.78 is 0. The van der Waals surface area contributed by atoms with Crippen LogP contribution in [-0.4, -0.2) is 54.5 Å². The molecule has 0 atom stereocenters. The van der Waals surface area contributed by atoms with Crippen molar-refractivity contribution >= 4 is 5.91 Å². The van der Waals surface area contributed by atoms with Crippen molar-refractivity contribution in [2.24, 2.45) is 5.73 Å². The fourth-order valence-electron chi connectivity index (χ4n) is 2.57. The van der Waals surface area contributed by atoms with Gasteiger partial charge in [0.2, 0.25) is 5.91 Å². The number of piperidine rings is 1. The Labute approximate surface area is 118 Å². The van der Waals surface area contributed by atoms with Gasteiger partial charge in [0, 0.05) is 25.6 Å². The maximum Gasteiger partial charge on any atom is 0.222 e. The highest BCUT2D eigenvalue weighted by Crippen LogP contribution is 2.10. The molecule has 0 unspecified atom stereocenters. The summed E-state index contributed by atoms with van der Waals surface area (Å²) in [6.07, 6.45) is 6.10. The summed E-state index contributed by atoms with van der Waals surface area (Å²) >= 11 is 0. The minimum absolute atomic E-state index is 0.300. The molecule has 4 nitrogen and oxygen atoms in total. The molecule has 0 aliphatic carbocycles. The molecule has 4 heteroatoms. The van der Waals surface area contributed by atoms with E-state index in [0.717, 1.165) is 45.4 Å². The first kappa shape index (κ1) is 16.4. The van der Waals surface area contributed by atoms with E-state index in [-0.39, 0.29) is 0 Å². The summed E-state index contributed by atoms with van der Waals surface area (Å²) in [6.45, 7) is 9.44. The number of rotatable bonds is 8. The van der Waals surface area contributed by atoms with Crippen molar-refractivity contribution in [3.05, 3.63) is 0 Å². The molecule has 1 aliphatic rings. The summed E-state index contributed by atoms with van der Waals surface area (Å²) in [5, 5.41) is 0. The standard InChI is InChI=1S/C15H31N3O/c1-3-5-10-17(4-2)11-6-7-15(19)18-12-8-14(16)9-13-18/h14H,3-13,16H2,1-2H3. The van der Waals surface area contributed by atoms with E-state index in [0.29, 0.717) is 18.4 Å². The number of hydrogen-bond acceptors (Lipinski definition) is 3. The maximum absolute atomic E-state index is 12.1. The molecule has 1 amide bonds. The normalized spacial score (nSPS) is 17.2. The number of unbranched alkanes of at least 4 members (excludes halogenated alkanes) is 1. The van der Waals surface area contributed by atoms with Gasteiger partial charge in [-0.3, -0.25) is 4.79 Å². The highest BCUT2D eigenvalue weighted by Gasteiger charge is 2.20. The molecular weight excluding hydrogens is 238 g/mol. The predicted octanol–water partition coefficient (Wildman–Crippen LogP) is 1.84. The van der Waals surface area contributed by atoms with Crippen molar-refractivity contribution in [1.82, 2.24) is 9.80 Å². The minimum Gasteiger partial charge on any atom is -0.343 e. The lowest BCUT2D eigenvalue weighted by Gasteiger charge is -2.30. The van der Waals surface area contributed by atoms with Gasteiger partial charge in [0.25, 0.3) is 0 Å². The van der Waals surface area contributed by atoms with Crippen LogP contribution >= 0.6 is 0 Å². The molecule has 1 fully saturated rings. The second-order valence-electron chi connectivity index (χ2n) is 5.61. The Morgan fingerprint density at radius 1 is 1.21 bits per heavy atom. The maximum atomic E-state index is 12.1. The molecular formula is C15H31N3O. The van der Waals surface area contributed by atoms with Crippen molar-refractivity contribution < 1.29 is 4.79 Å². The van der Waals surface area contributed by atoms with Gasteiger partial charge in [0.05, 0.1) is 0 Å². The molecule has 2 N–H and O–H groups in total. The van der Waals surface area contributed by atoms with Gasteiger partial charge in [0.15, 0.2) is 0 Å². The lowest BCUT2D eigenvalue weighted by molar-refractivity contribution is -0.132. The largest absolute Gasteiger partial charge is 0.343 e. The highest BCUT2D eigenvalue weighted by atomic mass is 16.2. The smallest absolute Gasteiger partial charge is 0.222 e. The average Bonchev–Trinajstić information content (AvgIpc) is 2.43. The summed E-state index contributed by atoms with van der Waals surface area (Å²) in [4.78, 5) is 16.5. The fraction of sp³-hybridized carbons (Fsp3) is 0.933. The number of nitrogens with zero attached hydrogens (tertiary/aromatic N) is 2. The molecule has 1 aliphatic heterocycles. The molecule has 0 aromatic heterocycles. The lowest BCUT2D eigenvalue weighted by Crippen LogP contribution is -2.43. The Bertz CT molecular complexity index is 250. The van der Waals surface area contributed by atoms with Crippen LogP contribution in [0, 0.1) is 0 Å². The number of carbonyl (C=O) groups is 1. The van der Waals surface area contributed by atoms with Crippen molar-refractivity contribution in [3.63, 3.8) is 0 Å². The topological polar surface area (TPSA) is 49.6 Å². The van der Waals surface area contributed by atoms with Crippen LogP contribution in [0.5, 0.6) is 0 Å². The summed E-state index contributed by atoms with van der Waals surface area (Å²) in [6, 6.07) is 0.300. The molecule has 0 bridgehead atoms. The molecule has 0 radical (unpaired) electrons. The summed E-state index contributed by atoms with van der Waals surface area (Å²) in [7, 11) is 0. The Kier molecular flexibility index (Phi) is 8.07. The summed E-state index contributed by atoms with van der Waals surface area (Å²) in [5.74, 6) is 0.318. The highest BCUT2D eigenvalue weighted by molar-refractivity contribution is 5.76. The molecule has 0 aromatic rings. The van der Waals surface area contributed by atoms with Crippen LogP contribution in [0.3, 0.4) is 0 Å². The molecule has 0 aromatic carbocycles. The molecule has 0 saturated carbocycles. The van der Waals surface area contributed by atoms with Crippen LogP contribution in [-0.2, 0) is 4.79 Å². The van der Waals surface area contributed by atoms with Gasteiger partial charge in [-0.2, -0.15) is 0 Å². The van der Waals surface area contributed by atoms with Gasteiger partial charge in [-0.25, -0.2) is 0 Å². The second-order valence-corrected chi connectivity index (χ2v) is 5.61. The SMILES string of the molecule is CCCCN(CC)CCCC(=O)N1CCC(N)CC1. The Balaban J connectivity index is 2.15. The zero-order valence-electron chi connectivity index (χ0n) is 12.7. The molecule has 112 valence electrons. The number of carbonyl (C=O) groups excluding carboxylic acids is 1. The molecule has 19 heavy (non-hydrogen) atoms.